The van der Waals surface area contributed by atoms with E-state index in [0.717, 1.165) is 19.8 Å². The molecule has 0 aromatic heterocycles. The van der Waals surface area contributed by atoms with E-state index in [1.54, 1.807) is 0 Å². The van der Waals surface area contributed by atoms with Crippen LogP contribution in [0.4, 0.5) is 0 Å². The highest BCUT2D eigenvalue weighted by Crippen LogP contribution is 2.31. The van der Waals surface area contributed by atoms with E-state index in [9.17, 15) is 0 Å². The second-order valence-electron chi connectivity index (χ2n) is 13.0. The Hall–Kier alpha value is 0.137. The predicted molar refractivity (Wildman–Crippen MR) is 184 cm³/mol. The zero-order chi connectivity index (χ0) is 29.2. The summed E-state index contributed by atoms with van der Waals surface area (Å²) in [6, 6.07) is 4.22. The minimum Gasteiger partial charge on any atom is -0.414 e. The highest BCUT2D eigenvalue weighted by atomic mass is 28.4. The quantitative estimate of drug-likeness (QED) is 0.0546. The molecule has 0 atom stereocenters. The Bertz CT molecular complexity index is 400. The highest BCUT2D eigenvalue weighted by Gasteiger charge is 2.33. The first kappa shape index (κ1) is 40.1. The Kier molecular flexibility index (Phi) is 33.8. The molecule has 0 N–H and O–H groups in total. The summed E-state index contributed by atoms with van der Waals surface area (Å²) < 4.78 is 12.7. The van der Waals surface area contributed by atoms with Crippen molar-refractivity contribution in [1.29, 1.82) is 0 Å². The van der Waals surface area contributed by atoms with Crippen molar-refractivity contribution >= 4 is 8.32 Å². The van der Waals surface area contributed by atoms with Gasteiger partial charge in [-0.3, -0.25) is 0 Å². The molecule has 242 valence electrons. The van der Waals surface area contributed by atoms with Crippen LogP contribution < -0.4 is 0 Å². The van der Waals surface area contributed by atoms with Gasteiger partial charge in [0.25, 0.3) is 0 Å². The smallest absolute Gasteiger partial charge is 0.192 e. The average Bonchev–Trinajstić information content (AvgIpc) is 2.96. The third-order valence-corrected chi connectivity index (χ3v) is 13.7. The van der Waals surface area contributed by atoms with E-state index in [0.29, 0.717) is 0 Å². The fourth-order valence-corrected chi connectivity index (χ4v) is 10.7. The van der Waals surface area contributed by atoms with Gasteiger partial charge in [-0.05, 0) is 25.1 Å². The molecule has 0 bridgehead atoms. The maximum atomic E-state index is 6.96. The summed E-state index contributed by atoms with van der Waals surface area (Å²) in [7, 11) is -1.68. The molecule has 0 radical (unpaired) electrons. The van der Waals surface area contributed by atoms with E-state index >= 15 is 0 Å². The van der Waals surface area contributed by atoms with Gasteiger partial charge in [0.1, 0.15) is 0 Å². The van der Waals surface area contributed by atoms with Gasteiger partial charge in [0.05, 0.1) is 13.2 Å². The van der Waals surface area contributed by atoms with Crippen LogP contribution >= 0.6 is 0 Å². The molecule has 0 spiro atoms. The van der Waals surface area contributed by atoms with Gasteiger partial charge in [-0.25, -0.2) is 0 Å². The van der Waals surface area contributed by atoms with E-state index in [1.807, 2.05) is 0 Å². The minimum absolute atomic E-state index is 0.790. The number of unbranched alkanes of at least 4 members (excludes halogenated alkanes) is 24. The lowest BCUT2D eigenvalue weighted by atomic mass is 10.1. The number of rotatable bonds is 35. The Labute approximate surface area is 256 Å². The van der Waals surface area contributed by atoms with Crippen LogP contribution in [0.2, 0.25) is 18.1 Å². The van der Waals surface area contributed by atoms with Crippen molar-refractivity contribution in [3.8, 4) is 0 Å². The molecule has 0 rings (SSSR count). The molecule has 0 aromatic carbocycles. The number of ether oxygens (including phenoxy) is 1. The first-order valence-corrected chi connectivity index (χ1v) is 21.5. The molecular weight excluding hydrogens is 504 g/mol. The molecule has 0 saturated carbocycles. The lowest BCUT2D eigenvalue weighted by molar-refractivity contribution is 0.105. The topological polar surface area (TPSA) is 18.5 Å². The van der Waals surface area contributed by atoms with Crippen molar-refractivity contribution in [3.63, 3.8) is 0 Å². The summed E-state index contributed by atoms with van der Waals surface area (Å²) in [6.07, 6.45) is 38.5. The van der Waals surface area contributed by atoms with E-state index in [2.05, 4.69) is 27.7 Å². The van der Waals surface area contributed by atoms with Gasteiger partial charge < -0.3 is 9.16 Å². The van der Waals surface area contributed by atoms with Gasteiger partial charge in [0, 0.05) is 6.61 Å². The molecule has 3 heteroatoms. The maximum absolute atomic E-state index is 6.96. The van der Waals surface area contributed by atoms with Crippen LogP contribution in [-0.2, 0) is 9.16 Å². The lowest BCUT2D eigenvalue weighted by Crippen LogP contribution is -2.39. The molecule has 0 fully saturated rings. The minimum atomic E-state index is -1.68. The molecule has 0 aliphatic rings. The molecule has 0 aliphatic carbocycles. The summed E-state index contributed by atoms with van der Waals surface area (Å²) >= 11 is 0. The van der Waals surface area contributed by atoms with E-state index in [4.69, 9.17) is 9.16 Å². The monoisotopic (exact) mass is 583 g/mol. The Balaban J connectivity index is 4.67. The van der Waals surface area contributed by atoms with Gasteiger partial charge in [0.2, 0.25) is 0 Å². The van der Waals surface area contributed by atoms with Crippen molar-refractivity contribution in [2.45, 2.75) is 219 Å². The summed E-state index contributed by atoms with van der Waals surface area (Å²) in [6.45, 7) is 11.5. The highest BCUT2D eigenvalue weighted by molar-refractivity contribution is 6.73. The zero-order valence-electron chi connectivity index (χ0n) is 28.7. The summed E-state index contributed by atoms with van der Waals surface area (Å²) in [5.41, 5.74) is 0. The molecule has 2 nitrogen and oxygen atoms in total. The molecule has 0 amide bonds. The van der Waals surface area contributed by atoms with Crippen molar-refractivity contribution in [3.05, 3.63) is 0 Å². The number of hydrogen-bond acceptors (Lipinski definition) is 2. The SMILES string of the molecule is CCCCCCCCCCC[Si](CCCCCCCCCCC)(CCCCCCCCCCC)OCCOCC. The van der Waals surface area contributed by atoms with E-state index < -0.39 is 8.32 Å². The molecule has 0 aromatic rings. The first-order valence-electron chi connectivity index (χ1n) is 19.0. The second kappa shape index (κ2) is 33.6. The third-order valence-electron chi connectivity index (χ3n) is 9.05. The van der Waals surface area contributed by atoms with Gasteiger partial charge in [-0.2, -0.15) is 0 Å². The van der Waals surface area contributed by atoms with Crippen LogP contribution in [0.1, 0.15) is 201 Å². The Morgan fingerprint density at radius 2 is 0.600 bits per heavy atom. The van der Waals surface area contributed by atoms with Crippen molar-refractivity contribution in [2.75, 3.05) is 19.8 Å². The summed E-state index contributed by atoms with van der Waals surface area (Å²) in [4.78, 5) is 0. The fourth-order valence-electron chi connectivity index (χ4n) is 6.33. The largest absolute Gasteiger partial charge is 0.414 e. The van der Waals surface area contributed by atoms with Gasteiger partial charge in [-0.15, -0.1) is 0 Å². The Morgan fingerprint density at radius 3 is 0.875 bits per heavy atom. The van der Waals surface area contributed by atoms with Gasteiger partial charge in [-0.1, -0.05) is 194 Å². The first-order chi connectivity index (χ1) is 19.7. The third kappa shape index (κ3) is 28.3. The van der Waals surface area contributed by atoms with Crippen LogP contribution in [0.3, 0.4) is 0 Å². The molecule has 40 heavy (non-hydrogen) atoms. The second-order valence-corrected chi connectivity index (χ2v) is 17.1. The molecule has 0 unspecified atom stereocenters. The van der Waals surface area contributed by atoms with E-state index in [1.165, 1.54) is 191 Å². The lowest BCUT2D eigenvalue weighted by Gasteiger charge is -2.32. The van der Waals surface area contributed by atoms with Crippen LogP contribution in [0.5, 0.6) is 0 Å². The van der Waals surface area contributed by atoms with Gasteiger partial charge in [0.15, 0.2) is 8.32 Å². The summed E-state index contributed by atoms with van der Waals surface area (Å²) in [5, 5.41) is 0. The van der Waals surface area contributed by atoms with Crippen molar-refractivity contribution in [1.82, 2.24) is 0 Å². The van der Waals surface area contributed by atoms with Crippen LogP contribution in [-0.4, -0.2) is 28.1 Å². The van der Waals surface area contributed by atoms with Crippen LogP contribution in [0, 0.1) is 0 Å². The molecule has 0 heterocycles. The predicted octanol–water partition coefficient (Wildman–Crippen LogP) is 13.6. The Morgan fingerprint density at radius 1 is 0.325 bits per heavy atom. The molecule has 0 aliphatic heterocycles. The van der Waals surface area contributed by atoms with Crippen molar-refractivity contribution in [2.24, 2.45) is 0 Å². The fraction of sp³-hybridized carbons (Fsp3) is 1.00. The average molecular weight is 583 g/mol. The van der Waals surface area contributed by atoms with Crippen molar-refractivity contribution < 1.29 is 9.16 Å². The normalized spacial score (nSPS) is 12.0. The molecular formula is C37H78O2Si. The zero-order valence-corrected chi connectivity index (χ0v) is 29.7. The number of hydrogen-bond donors (Lipinski definition) is 0. The summed E-state index contributed by atoms with van der Waals surface area (Å²) in [5.74, 6) is 0. The van der Waals surface area contributed by atoms with Gasteiger partial charge >= 0.3 is 0 Å². The maximum Gasteiger partial charge on any atom is 0.192 e. The molecule has 0 saturated heterocycles. The van der Waals surface area contributed by atoms with E-state index in [-0.39, 0.29) is 0 Å². The standard InChI is InChI=1S/C37H78O2Si/c1-5-9-12-15-18-21-24-27-30-35-40(39-34-33-38-8-4,36-31-28-25-22-19-16-13-10-6-2)37-32-29-26-23-20-17-14-11-7-3/h5-37H2,1-4H3. The van der Waals surface area contributed by atoms with Crippen LogP contribution in [0.15, 0.2) is 0 Å². The van der Waals surface area contributed by atoms with Crippen LogP contribution in [0.25, 0.3) is 0 Å².